The van der Waals surface area contributed by atoms with Crippen molar-refractivity contribution >= 4 is 11.3 Å². The molecule has 0 amide bonds. The van der Waals surface area contributed by atoms with Crippen LogP contribution in [0.5, 0.6) is 0 Å². The Morgan fingerprint density at radius 1 is 1.00 bits per heavy atom. The molecule has 17 heavy (non-hydrogen) atoms. The third-order valence-electron chi connectivity index (χ3n) is 2.74. The van der Waals surface area contributed by atoms with Crippen molar-refractivity contribution in [3.05, 3.63) is 57.8 Å². The number of nitrogens with zero attached hydrogens (tertiary/aromatic N) is 1. The maximum atomic E-state index is 5.58. The molecule has 0 bridgehead atoms. The summed E-state index contributed by atoms with van der Waals surface area (Å²) >= 11 is 1.75. The average Bonchev–Trinajstić information content (AvgIpc) is 2.82. The minimum atomic E-state index is 0.616. The molecule has 0 fully saturated rings. The fourth-order valence-corrected chi connectivity index (χ4v) is 2.50. The predicted molar refractivity (Wildman–Crippen MR) is 73.8 cm³/mol. The van der Waals surface area contributed by atoms with Crippen LogP contribution in [0.1, 0.15) is 16.7 Å². The normalized spacial score (nSPS) is 11.0. The molecule has 0 spiro atoms. The summed E-state index contributed by atoms with van der Waals surface area (Å²) in [5, 5.41) is 4.33. The maximum Gasteiger partial charge on any atom is 0.0242 e. The van der Waals surface area contributed by atoms with Crippen molar-refractivity contribution in [2.24, 2.45) is 5.73 Å². The van der Waals surface area contributed by atoms with Crippen LogP contribution in [-0.4, -0.2) is 11.9 Å². The summed E-state index contributed by atoms with van der Waals surface area (Å²) in [6.45, 7) is 2.59. The van der Waals surface area contributed by atoms with Gasteiger partial charge in [-0.2, -0.15) is 11.3 Å². The Labute approximate surface area is 107 Å². The second kappa shape index (κ2) is 5.96. The summed E-state index contributed by atoms with van der Waals surface area (Å²) in [4.78, 5) is 2.32. The van der Waals surface area contributed by atoms with Gasteiger partial charge in [0, 0.05) is 19.6 Å². The summed E-state index contributed by atoms with van der Waals surface area (Å²) in [6.07, 6.45) is 0. The highest BCUT2D eigenvalue weighted by atomic mass is 32.1. The molecular formula is C14H18N2S. The minimum absolute atomic E-state index is 0.616. The first-order valence-electron chi connectivity index (χ1n) is 5.75. The Balaban J connectivity index is 1.91. The first kappa shape index (κ1) is 12.3. The number of hydrogen-bond donors (Lipinski definition) is 1. The van der Waals surface area contributed by atoms with Crippen molar-refractivity contribution in [2.75, 3.05) is 7.05 Å². The molecule has 2 N–H and O–H groups in total. The van der Waals surface area contributed by atoms with E-state index in [0.717, 1.165) is 13.1 Å². The number of rotatable bonds is 5. The summed E-state index contributed by atoms with van der Waals surface area (Å²) in [6, 6.07) is 10.7. The van der Waals surface area contributed by atoms with Gasteiger partial charge in [0.15, 0.2) is 0 Å². The maximum absolute atomic E-state index is 5.58. The molecule has 0 saturated carbocycles. The molecule has 0 saturated heterocycles. The molecular weight excluding hydrogens is 228 g/mol. The van der Waals surface area contributed by atoms with E-state index in [-0.39, 0.29) is 0 Å². The van der Waals surface area contributed by atoms with Crippen LogP contribution in [0, 0.1) is 0 Å². The van der Waals surface area contributed by atoms with Crippen LogP contribution in [-0.2, 0) is 19.6 Å². The molecule has 0 aliphatic rings. The van der Waals surface area contributed by atoms with E-state index in [0.29, 0.717) is 6.54 Å². The zero-order chi connectivity index (χ0) is 12.1. The molecule has 1 aromatic carbocycles. The van der Waals surface area contributed by atoms with Gasteiger partial charge in [-0.05, 0) is 40.6 Å². The molecule has 0 aliphatic heterocycles. The van der Waals surface area contributed by atoms with E-state index >= 15 is 0 Å². The van der Waals surface area contributed by atoms with Crippen molar-refractivity contribution in [3.63, 3.8) is 0 Å². The second-order valence-electron chi connectivity index (χ2n) is 4.32. The van der Waals surface area contributed by atoms with Gasteiger partial charge in [0.1, 0.15) is 0 Å². The molecule has 0 radical (unpaired) electrons. The molecule has 0 aliphatic carbocycles. The standard InChI is InChI=1S/C14H18N2S/c1-16(10-14-6-7-17-11-14)9-13-4-2-12(8-15)3-5-13/h2-7,11H,8-10,15H2,1H3. The van der Waals surface area contributed by atoms with Gasteiger partial charge in [0.05, 0.1) is 0 Å². The lowest BCUT2D eigenvalue weighted by Gasteiger charge is -2.16. The molecule has 3 heteroatoms. The van der Waals surface area contributed by atoms with E-state index in [1.54, 1.807) is 11.3 Å². The van der Waals surface area contributed by atoms with Gasteiger partial charge in [-0.1, -0.05) is 24.3 Å². The van der Waals surface area contributed by atoms with Crippen LogP contribution in [0.4, 0.5) is 0 Å². The topological polar surface area (TPSA) is 29.3 Å². The Hall–Kier alpha value is -1.16. The van der Waals surface area contributed by atoms with Gasteiger partial charge >= 0.3 is 0 Å². The second-order valence-corrected chi connectivity index (χ2v) is 5.10. The smallest absolute Gasteiger partial charge is 0.0242 e. The first-order chi connectivity index (χ1) is 8.28. The van der Waals surface area contributed by atoms with Gasteiger partial charge in [0.25, 0.3) is 0 Å². The number of thiophene rings is 1. The van der Waals surface area contributed by atoms with Crippen LogP contribution in [0.2, 0.25) is 0 Å². The van der Waals surface area contributed by atoms with Crippen LogP contribution >= 0.6 is 11.3 Å². The summed E-state index contributed by atoms with van der Waals surface area (Å²) < 4.78 is 0. The number of hydrogen-bond acceptors (Lipinski definition) is 3. The van der Waals surface area contributed by atoms with Crippen LogP contribution in [0.25, 0.3) is 0 Å². The van der Waals surface area contributed by atoms with E-state index in [4.69, 9.17) is 5.73 Å². The Morgan fingerprint density at radius 3 is 2.24 bits per heavy atom. The molecule has 2 nitrogen and oxygen atoms in total. The van der Waals surface area contributed by atoms with Gasteiger partial charge in [-0.3, -0.25) is 4.90 Å². The zero-order valence-electron chi connectivity index (χ0n) is 10.1. The van der Waals surface area contributed by atoms with Crippen LogP contribution in [0.3, 0.4) is 0 Å². The Morgan fingerprint density at radius 2 is 1.65 bits per heavy atom. The molecule has 90 valence electrons. The summed E-state index contributed by atoms with van der Waals surface area (Å²) in [5.74, 6) is 0. The van der Waals surface area contributed by atoms with Crippen molar-refractivity contribution in [1.29, 1.82) is 0 Å². The Kier molecular flexibility index (Phi) is 4.31. The lowest BCUT2D eigenvalue weighted by atomic mass is 10.1. The van der Waals surface area contributed by atoms with Crippen molar-refractivity contribution in [1.82, 2.24) is 4.90 Å². The quantitative estimate of drug-likeness (QED) is 0.879. The molecule has 0 unspecified atom stereocenters. The fourth-order valence-electron chi connectivity index (χ4n) is 1.84. The largest absolute Gasteiger partial charge is 0.326 e. The Bertz CT molecular complexity index is 434. The predicted octanol–water partition coefficient (Wildman–Crippen LogP) is 2.84. The third-order valence-corrected chi connectivity index (χ3v) is 3.48. The van der Waals surface area contributed by atoms with Gasteiger partial charge in [-0.15, -0.1) is 0 Å². The van der Waals surface area contributed by atoms with E-state index in [9.17, 15) is 0 Å². The lowest BCUT2D eigenvalue weighted by molar-refractivity contribution is 0.319. The lowest BCUT2D eigenvalue weighted by Crippen LogP contribution is -2.16. The van der Waals surface area contributed by atoms with E-state index in [2.05, 4.69) is 53.0 Å². The van der Waals surface area contributed by atoms with Gasteiger partial charge < -0.3 is 5.73 Å². The van der Waals surface area contributed by atoms with Crippen molar-refractivity contribution < 1.29 is 0 Å². The zero-order valence-corrected chi connectivity index (χ0v) is 10.9. The molecule has 1 aromatic heterocycles. The highest BCUT2D eigenvalue weighted by Gasteiger charge is 2.02. The highest BCUT2D eigenvalue weighted by molar-refractivity contribution is 7.07. The fraction of sp³-hybridized carbons (Fsp3) is 0.286. The molecule has 2 rings (SSSR count). The van der Waals surface area contributed by atoms with Crippen molar-refractivity contribution in [3.8, 4) is 0 Å². The van der Waals surface area contributed by atoms with Gasteiger partial charge in [0.2, 0.25) is 0 Å². The number of benzene rings is 1. The van der Waals surface area contributed by atoms with Crippen molar-refractivity contribution in [2.45, 2.75) is 19.6 Å². The molecule has 0 atom stereocenters. The third kappa shape index (κ3) is 3.66. The monoisotopic (exact) mass is 246 g/mol. The SMILES string of the molecule is CN(Cc1ccc(CN)cc1)Cc1ccsc1. The summed E-state index contributed by atoms with van der Waals surface area (Å²) in [7, 11) is 2.15. The first-order valence-corrected chi connectivity index (χ1v) is 6.69. The van der Waals surface area contributed by atoms with Crippen LogP contribution < -0.4 is 5.73 Å². The minimum Gasteiger partial charge on any atom is -0.326 e. The molecule has 1 heterocycles. The van der Waals surface area contributed by atoms with Gasteiger partial charge in [-0.25, -0.2) is 0 Å². The highest BCUT2D eigenvalue weighted by Crippen LogP contribution is 2.11. The average molecular weight is 246 g/mol. The molecule has 2 aromatic rings. The van der Waals surface area contributed by atoms with E-state index < -0.39 is 0 Å². The van der Waals surface area contributed by atoms with E-state index in [1.807, 2.05) is 0 Å². The number of nitrogens with two attached hydrogens (primary N) is 1. The summed E-state index contributed by atoms with van der Waals surface area (Å²) in [5.41, 5.74) is 9.49. The van der Waals surface area contributed by atoms with Crippen LogP contribution in [0.15, 0.2) is 41.1 Å². The van der Waals surface area contributed by atoms with E-state index in [1.165, 1.54) is 16.7 Å².